The van der Waals surface area contributed by atoms with E-state index in [4.69, 9.17) is 15.2 Å². The lowest BCUT2D eigenvalue weighted by molar-refractivity contribution is 0.242. The number of nitrogens with zero attached hydrogens (tertiary/aromatic N) is 3. The van der Waals surface area contributed by atoms with Gasteiger partial charge in [-0.2, -0.15) is 4.98 Å². The van der Waals surface area contributed by atoms with Crippen LogP contribution in [0.1, 0.15) is 12.0 Å². The first kappa shape index (κ1) is 26.7. The topological polar surface area (TPSA) is 146 Å². The summed E-state index contributed by atoms with van der Waals surface area (Å²) in [5.74, 6) is -0.960. The predicted molar refractivity (Wildman–Crippen MR) is 136 cm³/mol. The van der Waals surface area contributed by atoms with E-state index >= 15 is 0 Å². The second kappa shape index (κ2) is 10.9. The molecule has 1 aliphatic rings. The SMILES string of the molecule is CS(=O)(Cc1cc2nc(c1)OCCCOc1cc(F)ccc1-c1cc(ncc1F)N2)=NS(=O)(=O)CCN. The average molecular weight is 554 g/mol. The van der Waals surface area contributed by atoms with E-state index in [9.17, 15) is 21.4 Å². The van der Waals surface area contributed by atoms with Crippen molar-refractivity contribution in [3.05, 3.63) is 59.8 Å². The van der Waals surface area contributed by atoms with Crippen LogP contribution >= 0.6 is 0 Å². The van der Waals surface area contributed by atoms with Crippen LogP contribution in [0.2, 0.25) is 0 Å². The quantitative estimate of drug-likeness (QED) is 0.486. The summed E-state index contributed by atoms with van der Waals surface area (Å²) in [5.41, 5.74) is 6.23. The fourth-order valence-corrected chi connectivity index (χ4v) is 7.16. The molecular formula is C23H25F2N5O5S2. The largest absolute Gasteiger partial charge is 0.493 e. The molecule has 1 aromatic carbocycles. The fraction of sp³-hybridized carbons (Fsp3) is 0.304. The highest BCUT2D eigenvalue weighted by atomic mass is 32.3. The Kier molecular flexibility index (Phi) is 7.90. The van der Waals surface area contributed by atoms with Crippen LogP contribution in [0, 0.1) is 11.6 Å². The van der Waals surface area contributed by atoms with E-state index in [1.54, 1.807) is 6.07 Å². The summed E-state index contributed by atoms with van der Waals surface area (Å²) in [5, 5.41) is 2.96. The van der Waals surface area contributed by atoms with Crippen LogP contribution in [0.4, 0.5) is 20.4 Å². The van der Waals surface area contributed by atoms with E-state index in [1.165, 1.54) is 36.6 Å². The zero-order chi connectivity index (χ0) is 26.6. The van der Waals surface area contributed by atoms with Gasteiger partial charge in [-0.05, 0) is 29.8 Å². The first-order valence-electron chi connectivity index (χ1n) is 11.2. The number of rotatable bonds is 5. The van der Waals surface area contributed by atoms with E-state index in [1.807, 2.05) is 0 Å². The maximum absolute atomic E-state index is 14.7. The second-order valence-corrected chi connectivity index (χ2v) is 12.7. The molecule has 10 nitrogen and oxygen atoms in total. The third-order valence-electron chi connectivity index (χ3n) is 5.08. The molecule has 14 heteroatoms. The van der Waals surface area contributed by atoms with Crippen LogP contribution in [0.3, 0.4) is 0 Å². The number of nitrogens with one attached hydrogen (secondary N) is 1. The van der Waals surface area contributed by atoms with E-state index in [0.717, 1.165) is 6.20 Å². The Morgan fingerprint density at radius 1 is 1.05 bits per heavy atom. The van der Waals surface area contributed by atoms with Crippen LogP contribution in [-0.2, 0) is 25.5 Å². The Morgan fingerprint density at radius 3 is 2.62 bits per heavy atom. The van der Waals surface area contributed by atoms with Gasteiger partial charge >= 0.3 is 0 Å². The third-order valence-corrected chi connectivity index (χ3v) is 8.88. The number of sulfonamides is 1. The van der Waals surface area contributed by atoms with E-state index < -0.39 is 37.1 Å². The normalized spacial score (nSPS) is 15.1. The minimum Gasteiger partial charge on any atom is -0.493 e. The summed E-state index contributed by atoms with van der Waals surface area (Å²) in [6.45, 7) is 0.190. The van der Waals surface area contributed by atoms with Gasteiger partial charge in [-0.15, -0.1) is 3.77 Å². The summed E-state index contributed by atoms with van der Waals surface area (Å²) in [4.78, 5) is 8.42. The lowest BCUT2D eigenvalue weighted by Crippen LogP contribution is -2.16. The van der Waals surface area contributed by atoms with Crippen molar-refractivity contribution in [3.8, 4) is 22.8 Å². The number of halogens is 2. The van der Waals surface area contributed by atoms with Crippen molar-refractivity contribution in [2.45, 2.75) is 12.2 Å². The van der Waals surface area contributed by atoms with Crippen molar-refractivity contribution < 1.29 is 30.9 Å². The lowest BCUT2D eigenvalue weighted by Gasteiger charge is -2.16. The monoisotopic (exact) mass is 553 g/mol. The van der Waals surface area contributed by atoms with Gasteiger partial charge in [-0.25, -0.2) is 26.4 Å². The van der Waals surface area contributed by atoms with Crippen LogP contribution in [0.15, 0.2) is 46.4 Å². The number of anilines is 2. The summed E-state index contributed by atoms with van der Waals surface area (Å²) in [7, 11) is -7.13. The van der Waals surface area contributed by atoms with Crippen LogP contribution in [-0.4, -0.2) is 54.4 Å². The Balaban J connectivity index is 1.74. The minimum absolute atomic E-state index is 0.137. The summed E-state index contributed by atoms with van der Waals surface area (Å²) < 4.78 is 80.7. The molecule has 0 aliphatic carbocycles. The molecule has 0 fully saturated rings. The molecule has 37 heavy (non-hydrogen) atoms. The maximum Gasteiger partial charge on any atom is 0.262 e. The summed E-state index contributed by atoms with van der Waals surface area (Å²) in [6, 6.07) is 8.32. The molecule has 4 rings (SSSR count). The molecular weight excluding hydrogens is 528 g/mol. The standard InChI is InChI=1S/C23H25F2N5O5S2/c1-36(31,30-37(32,33)8-5-26)14-15-9-22-28-21-12-18(19(25)13-27-21)17-4-3-16(24)11-20(17)34-6-2-7-35-23(10-15)29-22/h3-4,9-13H,2,5-8,14,26H2,1H3,(H,27,28,29). The molecule has 1 aliphatic heterocycles. The Labute approximate surface area is 213 Å². The van der Waals surface area contributed by atoms with Crippen molar-refractivity contribution in [3.63, 3.8) is 0 Å². The van der Waals surface area contributed by atoms with Crippen LogP contribution in [0.5, 0.6) is 11.6 Å². The molecule has 3 N–H and O–H groups in total. The summed E-state index contributed by atoms with van der Waals surface area (Å²) >= 11 is 0. The van der Waals surface area contributed by atoms with Gasteiger partial charge in [-0.1, -0.05) is 0 Å². The number of aromatic nitrogens is 2. The van der Waals surface area contributed by atoms with E-state index in [2.05, 4.69) is 19.1 Å². The number of nitrogens with two attached hydrogens (primary N) is 1. The number of ether oxygens (including phenoxy) is 2. The second-order valence-electron chi connectivity index (χ2n) is 8.32. The number of hydrogen-bond donors (Lipinski definition) is 2. The molecule has 0 amide bonds. The van der Waals surface area contributed by atoms with Gasteiger partial charge in [0.1, 0.15) is 29.0 Å². The van der Waals surface area contributed by atoms with Crippen molar-refractivity contribution in [1.82, 2.24) is 9.97 Å². The Bertz CT molecular complexity index is 1540. The smallest absolute Gasteiger partial charge is 0.262 e. The van der Waals surface area contributed by atoms with Crippen molar-refractivity contribution in [2.75, 3.05) is 37.1 Å². The molecule has 0 radical (unpaired) electrons. The zero-order valence-corrected chi connectivity index (χ0v) is 21.4. The van der Waals surface area contributed by atoms with E-state index in [-0.39, 0.29) is 54.3 Å². The summed E-state index contributed by atoms with van der Waals surface area (Å²) in [6.07, 6.45) is 2.65. The molecule has 0 spiro atoms. The molecule has 1 atom stereocenters. The molecule has 3 aromatic rings. The Morgan fingerprint density at radius 2 is 1.84 bits per heavy atom. The molecule has 2 aromatic heterocycles. The molecule has 3 heterocycles. The first-order valence-corrected chi connectivity index (χ1v) is 14.9. The highest BCUT2D eigenvalue weighted by molar-refractivity contribution is 8.02. The lowest BCUT2D eigenvalue weighted by atomic mass is 10.0. The van der Waals surface area contributed by atoms with Gasteiger partial charge in [0.25, 0.3) is 10.0 Å². The predicted octanol–water partition coefficient (Wildman–Crippen LogP) is 3.21. The van der Waals surface area contributed by atoms with Gasteiger partial charge in [0, 0.05) is 42.5 Å². The highest BCUT2D eigenvalue weighted by Crippen LogP contribution is 2.34. The van der Waals surface area contributed by atoms with Gasteiger partial charge in [0.2, 0.25) is 5.88 Å². The van der Waals surface area contributed by atoms with Gasteiger partial charge < -0.3 is 20.5 Å². The maximum atomic E-state index is 14.7. The van der Waals surface area contributed by atoms with Gasteiger partial charge in [-0.3, -0.25) is 0 Å². The number of hydrogen-bond acceptors (Lipinski definition) is 9. The molecule has 0 saturated carbocycles. The van der Waals surface area contributed by atoms with Crippen molar-refractivity contribution in [2.24, 2.45) is 9.50 Å². The van der Waals surface area contributed by atoms with E-state index in [0.29, 0.717) is 17.5 Å². The first-order chi connectivity index (χ1) is 17.5. The van der Waals surface area contributed by atoms with Crippen molar-refractivity contribution in [1.29, 1.82) is 0 Å². The zero-order valence-electron chi connectivity index (χ0n) is 19.8. The number of benzene rings is 1. The van der Waals surface area contributed by atoms with Crippen LogP contribution in [0.25, 0.3) is 11.1 Å². The van der Waals surface area contributed by atoms with Crippen molar-refractivity contribution >= 4 is 31.4 Å². The van der Waals surface area contributed by atoms with Crippen LogP contribution < -0.4 is 20.5 Å². The number of fused-ring (bicyclic) bond motifs is 6. The minimum atomic E-state index is -3.95. The molecule has 198 valence electrons. The third kappa shape index (κ3) is 7.11. The molecule has 4 bridgehead atoms. The fourth-order valence-electron chi connectivity index (χ4n) is 3.64. The number of pyridine rings is 2. The van der Waals surface area contributed by atoms with Gasteiger partial charge in [0.15, 0.2) is 0 Å². The molecule has 1 unspecified atom stereocenters. The highest BCUT2D eigenvalue weighted by Gasteiger charge is 2.17. The average Bonchev–Trinajstić information content (AvgIpc) is 2.78. The Hall–Kier alpha value is -3.36. The molecule has 0 saturated heterocycles. The van der Waals surface area contributed by atoms with Gasteiger partial charge in [0.05, 0.1) is 40.6 Å².